The predicted octanol–water partition coefficient (Wildman–Crippen LogP) is 15.4. The number of carbonyl (C=O) groups excluding carboxylic acids is 2. The monoisotopic (exact) mass is 912 g/mol. The molecule has 0 saturated carbocycles. The minimum absolute atomic E-state index is 0.0415. The lowest BCUT2D eigenvalue weighted by Gasteiger charge is -2.27. The van der Waals surface area contributed by atoms with Gasteiger partial charge in [0.15, 0.2) is 0 Å². The lowest BCUT2D eigenvalue weighted by Crippen LogP contribution is -2.47. The van der Waals surface area contributed by atoms with E-state index in [0.717, 1.165) is 83.5 Å². The molecule has 0 aromatic rings. The number of hydrogen-bond acceptors (Lipinski definition) is 6. The molecule has 0 spiro atoms. The Kier molecular flexibility index (Phi) is 43.3. The van der Waals surface area contributed by atoms with Crippen LogP contribution >= 0.6 is 7.82 Å². The van der Waals surface area contributed by atoms with Gasteiger partial charge in [0.1, 0.15) is 19.3 Å². The van der Waals surface area contributed by atoms with Crippen LogP contribution in [0, 0.1) is 0 Å². The second-order valence-corrected chi connectivity index (χ2v) is 20.9. The first-order chi connectivity index (χ1) is 30.4. The van der Waals surface area contributed by atoms with Gasteiger partial charge < -0.3 is 19.4 Å². The number of amides is 1. The molecule has 9 nitrogen and oxygen atoms in total. The van der Waals surface area contributed by atoms with E-state index in [1.165, 1.54) is 135 Å². The van der Waals surface area contributed by atoms with Gasteiger partial charge in [0.25, 0.3) is 0 Å². The number of hydrogen-bond donors (Lipinski definition) is 2. The molecule has 0 aromatic carbocycles. The van der Waals surface area contributed by atoms with Gasteiger partial charge in [0.05, 0.1) is 33.8 Å². The summed E-state index contributed by atoms with van der Waals surface area (Å²) in [4.78, 5) is 37.4. The fourth-order valence-electron chi connectivity index (χ4n) is 7.69. The molecule has 0 aliphatic heterocycles. The minimum Gasteiger partial charge on any atom is -0.456 e. The molecule has 0 bridgehead atoms. The molecule has 0 aromatic heterocycles. The first-order valence-corrected chi connectivity index (χ1v) is 28.2. The number of nitrogens with zero attached hydrogens (tertiary/aromatic N) is 1. The average molecular weight is 912 g/mol. The third-order valence-corrected chi connectivity index (χ3v) is 12.9. The molecule has 2 N–H and O–H groups in total. The molecule has 372 valence electrons. The average Bonchev–Trinajstić information content (AvgIpc) is 3.23. The Balaban J connectivity index is 5.42. The zero-order chi connectivity index (χ0) is 46.5. The summed E-state index contributed by atoms with van der Waals surface area (Å²) in [6, 6.07) is -0.844. The van der Waals surface area contributed by atoms with Gasteiger partial charge in [-0.25, -0.2) is 4.57 Å². The number of esters is 1. The molecule has 10 heteroatoms. The van der Waals surface area contributed by atoms with E-state index >= 15 is 0 Å². The summed E-state index contributed by atoms with van der Waals surface area (Å²) in [7, 11) is 1.50. The number of nitrogens with one attached hydrogen (secondary N) is 1. The number of phosphoric ester groups is 1. The van der Waals surface area contributed by atoms with E-state index in [4.69, 9.17) is 13.8 Å². The third kappa shape index (κ3) is 45.4. The number of quaternary nitrogens is 1. The molecule has 0 fully saturated rings. The normalized spacial score (nSPS) is 14.1. The highest BCUT2D eigenvalue weighted by atomic mass is 31.2. The highest BCUT2D eigenvalue weighted by Crippen LogP contribution is 2.43. The molecule has 0 heterocycles. The molecule has 1 amide bonds. The fraction of sp³-hybridized carbons (Fsp3) is 0.887. The fourth-order valence-corrected chi connectivity index (χ4v) is 8.42. The van der Waals surface area contributed by atoms with E-state index in [0.29, 0.717) is 23.9 Å². The van der Waals surface area contributed by atoms with Crippen molar-refractivity contribution in [3.05, 3.63) is 24.3 Å². The summed E-state index contributed by atoms with van der Waals surface area (Å²) in [5.41, 5.74) is 0. The van der Waals surface area contributed by atoms with Crippen LogP contribution in [0.5, 0.6) is 0 Å². The summed E-state index contributed by atoms with van der Waals surface area (Å²) in [5, 5.41) is 3.03. The van der Waals surface area contributed by atoms with Crippen LogP contribution in [0.4, 0.5) is 0 Å². The molecule has 3 unspecified atom stereocenters. The molecule has 0 saturated heterocycles. The van der Waals surface area contributed by atoms with Gasteiger partial charge in [-0.15, -0.1) is 0 Å². The van der Waals surface area contributed by atoms with Gasteiger partial charge in [-0.3, -0.25) is 18.6 Å². The molecule has 0 aliphatic rings. The predicted molar refractivity (Wildman–Crippen MR) is 268 cm³/mol. The van der Waals surface area contributed by atoms with Gasteiger partial charge in [-0.2, -0.15) is 0 Å². The van der Waals surface area contributed by atoms with Crippen LogP contribution in [0.2, 0.25) is 0 Å². The topological polar surface area (TPSA) is 111 Å². The molecule has 63 heavy (non-hydrogen) atoms. The Bertz CT molecular complexity index is 1140. The summed E-state index contributed by atoms with van der Waals surface area (Å²) in [6.45, 7) is 6.97. The van der Waals surface area contributed by atoms with Crippen molar-refractivity contribution < 1.29 is 37.3 Å². The van der Waals surface area contributed by atoms with E-state index in [2.05, 4.69) is 38.2 Å². The van der Waals surface area contributed by atoms with Crippen molar-refractivity contribution >= 4 is 19.7 Å². The number of carbonyl (C=O) groups is 2. The first-order valence-electron chi connectivity index (χ1n) is 26.7. The Hall–Kier alpha value is -1.51. The number of unbranched alkanes of at least 4 members (excludes halogenated alkanes) is 30. The minimum atomic E-state index is -4.43. The Morgan fingerprint density at radius 3 is 1.40 bits per heavy atom. The van der Waals surface area contributed by atoms with Crippen LogP contribution in [0.15, 0.2) is 24.3 Å². The lowest BCUT2D eigenvalue weighted by atomic mass is 10.0. The van der Waals surface area contributed by atoms with Crippen LogP contribution < -0.4 is 5.32 Å². The van der Waals surface area contributed by atoms with Gasteiger partial charge in [-0.05, 0) is 51.0 Å². The standard InChI is InChI=1S/C53H103N2O7P/c1-7-10-13-16-19-22-25-27-30-32-35-38-41-44-51(62-53(57)46-43-40-37-34-31-28-26-23-20-17-14-11-8-2)50(49-61-63(58,59)60-48-47-55(4,5)6)54-52(56)45-42-39-36-33-29-24-21-18-15-12-9-3/h18,21,41,44,50-51H,7-17,19-20,22-40,42-43,45-49H2,1-6H3,(H-,54,56,58,59)/p+1/b21-18-,44-41+. The maximum atomic E-state index is 13.4. The van der Waals surface area contributed by atoms with Crippen LogP contribution in [0.1, 0.15) is 252 Å². The van der Waals surface area contributed by atoms with Gasteiger partial charge in [0, 0.05) is 12.8 Å². The smallest absolute Gasteiger partial charge is 0.456 e. The first kappa shape index (κ1) is 61.5. The van der Waals surface area contributed by atoms with Crippen molar-refractivity contribution in [1.82, 2.24) is 5.32 Å². The Labute approximate surface area is 390 Å². The van der Waals surface area contributed by atoms with Crippen LogP contribution in [-0.4, -0.2) is 74.3 Å². The van der Waals surface area contributed by atoms with Gasteiger partial charge >= 0.3 is 13.8 Å². The third-order valence-electron chi connectivity index (χ3n) is 11.9. The van der Waals surface area contributed by atoms with Crippen molar-refractivity contribution in [2.75, 3.05) is 40.9 Å². The second kappa shape index (κ2) is 44.3. The largest absolute Gasteiger partial charge is 0.472 e. The number of likely N-dealkylation sites (N-methyl/N-ethyl adjacent to an activating group) is 1. The summed E-state index contributed by atoms with van der Waals surface area (Å²) >= 11 is 0. The molecule has 0 radical (unpaired) electrons. The number of rotatable bonds is 48. The Morgan fingerprint density at radius 1 is 0.540 bits per heavy atom. The summed E-state index contributed by atoms with van der Waals surface area (Å²) in [6.07, 6.45) is 48.8. The van der Waals surface area contributed by atoms with Crippen molar-refractivity contribution in [3.63, 3.8) is 0 Å². The number of allylic oxidation sites excluding steroid dienone is 3. The zero-order valence-corrected chi connectivity index (χ0v) is 43.2. The SMILES string of the molecule is CCCC/C=C\CCCCCCCC(=O)NC(COP(=O)(O)OCC[N+](C)(C)C)C(/C=C/CCCCCCCCCCCCC)OC(=O)CCCCCCCCCCCCCCC. The van der Waals surface area contributed by atoms with Gasteiger partial charge in [-0.1, -0.05) is 212 Å². The molecule has 3 atom stereocenters. The Morgan fingerprint density at radius 2 is 0.937 bits per heavy atom. The van der Waals surface area contributed by atoms with E-state index in [-0.39, 0.29) is 25.1 Å². The lowest BCUT2D eigenvalue weighted by molar-refractivity contribution is -0.870. The van der Waals surface area contributed by atoms with E-state index in [1.807, 2.05) is 33.3 Å². The zero-order valence-electron chi connectivity index (χ0n) is 42.3. The van der Waals surface area contributed by atoms with E-state index in [9.17, 15) is 19.0 Å². The van der Waals surface area contributed by atoms with Crippen molar-refractivity contribution in [1.29, 1.82) is 0 Å². The molecule has 0 aliphatic carbocycles. The molecular formula is C53H104N2O7P+. The second-order valence-electron chi connectivity index (χ2n) is 19.4. The summed E-state index contributed by atoms with van der Waals surface area (Å²) in [5.74, 6) is -0.509. The van der Waals surface area contributed by atoms with Crippen molar-refractivity contribution in [2.45, 2.75) is 264 Å². The van der Waals surface area contributed by atoms with Crippen LogP contribution in [-0.2, 0) is 27.9 Å². The highest BCUT2D eigenvalue weighted by molar-refractivity contribution is 7.47. The highest BCUT2D eigenvalue weighted by Gasteiger charge is 2.30. The maximum absolute atomic E-state index is 13.4. The van der Waals surface area contributed by atoms with Crippen molar-refractivity contribution in [3.8, 4) is 0 Å². The molecular weight excluding hydrogens is 808 g/mol. The quantitative estimate of drug-likeness (QED) is 0.0206. The number of ether oxygens (including phenoxy) is 1. The number of phosphoric acid groups is 1. The molecule has 0 rings (SSSR count). The van der Waals surface area contributed by atoms with Crippen LogP contribution in [0.25, 0.3) is 0 Å². The van der Waals surface area contributed by atoms with Crippen LogP contribution in [0.3, 0.4) is 0 Å². The summed E-state index contributed by atoms with van der Waals surface area (Å²) < 4.78 is 30.5. The van der Waals surface area contributed by atoms with E-state index in [1.54, 1.807) is 0 Å². The maximum Gasteiger partial charge on any atom is 0.472 e. The van der Waals surface area contributed by atoms with E-state index < -0.39 is 20.0 Å². The van der Waals surface area contributed by atoms with Gasteiger partial charge in [0.2, 0.25) is 5.91 Å². The van der Waals surface area contributed by atoms with Crippen molar-refractivity contribution in [2.24, 2.45) is 0 Å².